The van der Waals surface area contributed by atoms with Crippen LogP contribution in [-0.4, -0.2) is 5.54 Å². The van der Waals surface area contributed by atoms with Crippen molar-refractivity contribution in [3.8, 4) is 0 Å². The molecule has 0 aromatic rings. The van der Waals surface area contributed by atoms with E-state index in [1.165, 1.54) is 57.8 Å². The van der Waals surface area contributed by atoms with E-state index in [0.29, 0.717) is 5.41 Å². The van der Waals surface area contributed by atoms with E-state index in [4.69, 9.17) is 5.73 Å². The van der Waals surface area contributed by atoms with E-state index in [2.05, 4.69) is 20.8 Å². The number of nitrogens with two attached hydrogens (primary N) is 1. The van der Waals surface area contributed by atoms with Crippen LogP contribution in [0.5, 0.6) is 0 Å². The van der Waals surface area contributed by atoms with E-state index < -0.39 is 0 Å². The van der Waals surface area contributed by atoms with Gasteiger partial charge in [0, 0.05) is 5.54 Å². The van der Waals surface area contributed by atoms with Gasteiger partial charge >= 0.3 is 0 Å². The summed E-state index contributed by atoms with van der Waals surface area (Å²) in [5.74, 6) is 1.67. The van der Waals surface area contributed by atoms with Gasteiger partial charge in [0.05, 0.1) is 0 Å². The summed E-state index contributed by atoms with van der Waals surface area (Å²) in [5.41, 5.74) is 7.51. The number of rotatable bonds is 2. The van der Waals surface area contributed by atoms with Gasteiger partial charge in [-0.15, -0.1) is 0 Å². The van der Waals surface area contributed by atoms with Crippen molar-refractivity contribution < 1.29 is 0 Å². The molecule has 17 heavy (non-hydrogen) atoms. The molecule has 2 aliphatic carbocycles. The topological polar surface area (TPSA) is 26.0 Å². The fourth-order valence-electron chi connectivity index (χ4n) is 4.61. The van der Waals surface area contributed by atoms with Crippen molar-refractivity contribution in [1.29, 1.82) is 0 Å². The zero-order valence-corrected chi connectivity index (χ0v) is 12.1. The van der Waals surface area contributed by atoms with Gasteiger partial charge in [0.25, 0.3) is 0 Å². The third-order valence-corrected chi connectivity index (χ3v) is 6.01. The summed E-state index contributed by atoms with van der Waals surface area (Å²) in [6.07, 6.45) is 12.2. The van der Waals surface area contributed by atoms with Gasteiger partial charge in [-0.25, -0.2) is 0 Å². The van der Waals surface area contributed by atoms with Crippen LogP contribution in [0.3, 0.4) is 0 Å². The lowest BCUT2D eigenvalue weighted by Gasteiger charge is -2.56. The zero-order chi connectivity index (χ0) is 12.5. The second kappa shape index (κ2) is 4.91. The molecule has 2 fully saturated rings. The standard InChI is InChI=1S/C16H31N/c1-13(2)15(11-7-14(3)8-12-15)16(17)9-5-4-6-10-16/h13-14H,4-12,17H2,1-3H3. The molecule has 0 aromatic heterocycles. The minimum Gasteiger partial charge on any atom is -0.325 e. The Kier molecular flexibility index (Phi) is 3.87. The van der Waals surface area contributed by atoms with Crippen molar-refractivity contribution in [2.45, 2.75) is 84.1 Å². The lowest BCUT2D eigenvalue weighted by molar-refractivity contribution is -0.0164. The highest BCUT2D eigenvalue weighted by Crippen LogP contribution is 2.54. The van der Waals surface area contributed by atoms with Crippen LogP contribution in [0.4, 0.5) is 0 Å². The molecule has 1 nitrogen and oxygen atoms in total. The first kappa shape index (κ1) is 13.4. The summed E-state index contributed by atoms with van der Waals surface area (Å²) in [4.78, 5) is 0. The van der Waals surface area contributed by atoms with Crippen molar-refractivity contribution in [1.82, 2.24) is 0 Å². The van der Waals surface area contributed by atoms with E-state index in [1.54, 1.807) is 0 Å². The molecule has 2 aliphatic rings. The molecule has 2 N–H and O–H groups in total. The normalized spacial score (nSPS) is 38.3. The lowest BCUT2D eigenvalue weighted by Crippen LogP contribution is -2.60. The van der Waals surface area contributed by atoms with E-state index >= 15 is 0 Å². The van der Waals surface area contributed by atoms with Crippen LogP contribution >= 0.6 is 0 Å². The third kappa shape index (κ3) is 2.28. The fourth-order valence-corrected chi connectivity index (χ4v) is 4.61. The molecule has 0 bridgehead atoms. The minimum absolute atomic E-state index is 0.152. The van der Waals surface area contributed by atoms with Gasteiger partial charge in [-0.05, 0) is 42.9 Å². The van der Waals surface area contributed by atoms with Crippen molar-refractivity contribution in [2.24, 2.45) is 23.0 Å². The second-order valence-corrected chi connectivity index (χ2v) is 7.21. The zero-order valence-electron chi connectivity index (χ0n) is 12.1. The fraction of sp³-hybridized carbons (Fsp3) is 1.00. The summed E-state index contributed by atoms with van der Waals surface area (Å²) in [6.45, 7) is 7.24. The molecule has 100 valence electrons. The maximum absolute atomic E-state index is 6.92. The van der Waals surface area contributed by atoms with E-state index in [-0.39, 0.29) is 5.54 Å². The Balaban J connectivity index is 2.21. The molecule has 0 spiro atoms. The highest BCUT2D eigenvalue weighted by atomic mass is 14.8. The van der Waals surface area contributed by atoms with Crippen molar-refractivity contribution in [2.75, 3.05) is 0 Å². The van der Waals surface area contributed by atoms with Crippen molar-refractivity contribution in [3.05, 3.63) is 0 Å². The first-order valence-corrected chi connectivity index (χ1v) is 7.79. The van der Waals surface area contributed by atoms with Gasteiger partial charge in [0.2, 0.25) is 0 Å². The lowest BCUT2D eigenvalue weighted by atomic mass is 9.52. The Morgan fingerprint density at radius 1 is 0.941 bits per heavy atom. The molecule has 0 saturated heterocycles. The average Bonchev–Trinajstić information content (AvgIpc) is 2.30. The van der Waals surface area contributed by atoms with Crippen LogP contribution in [0.2, 0.25) is 0 Å². The summed E-state index contributed by atoms with van der Waals surface area (Å²) in [7, 11) is 0. The predicted molar refractivity (Wildman–Crippen MR) is 74.9 cm³/mol. The quantitative estimate of drug-likeness (QED) is 0.752. The Labute approximate surface area is 108 Å². The summed E-state index contributed by atoms with van der Waals surface area (Å²) in [6, 6.07) is 0. The van der Waals surface area contributed by atoms with Gasteiger partial charge in [-0.1, -0.05) is 52.9 Å². The molecule has 2 saturated carbocycles. The Bertz CT molecular complexity index is 242. The van der Waals surface area contributed by atoms with Crippen LogP contribution in [0.1, 0.15) is 78.6 Å². The van der Waals surface area contributed by atoms with Crippen LogP contribution in [-0.2, 0) is 0 Å². The smallest absolute Gasteiger partial charge is 0.0213 e. The minimum atomic E-state index is 0.152. The first-order valence-electron chi connectivity index (χ1n) is 7.79. The average molecular weight is 237 g/mol. The highest BCUT2D eigenvalue weighted by molar-refractivity contribution is 5.06. The molecular formula is C16H31N. The van der Waals surface area contributed by atoms with E-state index in [9.17, 15) is 0 Å². The van der Waals surface area contributed by atoms with E-state index in [0.717, 1.165) is 11.8 Å². The number of hydrogen-bond donors (Lipinski definition) is 1. The van der Waals surface area contributed by atoms with Crippen LogP contribution in [0, 0.1) is 17.3 Å². The van der Waals surface area contributed by atoms with Crippen molar-refractivity contribution >= 4 is 0 Å². The van der Waals surface area contributed by atoms with Crippen LogP contribution in [0.15, 0.2) is 0 Å². The largest absolute Gasteiger partial charge is 0.325 e. The SMILES string of the molecule is CC1CCC(C(C)C)(C2(N)CCCCC2)CC1. The molecule has 0 aliphatic heterocycles. The number of hydrogen-bond acceptors (Lipinski definition) is 1. The van der Waals surface area contributed by atoms with Gasteiger partial charge < -0.3 is 5.73 Å². The summed E-state index contributed by atoms with van der Waals surface area (Å²) in [5, 5.41) is 0. The molecule has 0 atom stereocenters. The predicted octanol–water partition coefficient (Wildman–Crippen LogP) is 4.50. The van der Waals surface area contributed by atoms with Crippen LogP contribution < -0.4 is 5.73 Å². The monoisotopic (exact) mass is 237 g/mol. The van der Waals surface area contributed by atoms with Gasteiger partial charge in [-0.2, -0.15) is 0 Å². The molecule has 0 amide bonds. The Hall–Kier alpha value is -0.0400. The Morgan fingerprint density at radius 2 is 1.47 bits per heavy atom. The maximum Gasteiger partial charge on any atom is 0.0213 e. The van der Waals surface area contributed by atoms with Crippen molar-refractivity contribution in [3.63, 3.8) is 0 Å². The molecule has 0 aromatic carbocycles. The molecule has 0 unspecified atom stereocenters. The first-order chi connectivity index (χ1) is 8.00. The third-order valence-electron chi connectivity index (χ3n) is 6.01. The highest BCUT2D eigenvalue weighted by Gasteiger charge is 2.51. The van der Waals surface area contributed by atoms with Gasteiger partial charge in [0.15, 0.2) is 0 Å². The molecule has 1 heteroatoms. The molecule has 2 rings (SSSR count). The molecular weight excluding hydrogens is 206 g/mol. The van der Waals surface area contributed by atoms with E-state index in [1.807, 2.05) is 0 Å². The summed E-state index contributed by atoms with van der Waals surface area (Å²) < 4.78 is 0. The second-order valence-electron chi connectivity index (χ2n) is 7.21. The molecule has 0 heterocycles. The molecule has 0 radical (unpaired) electrons. The van der Waals surface area contributed by atoms with Crippen LogP contribution in [0.25, 0.3) is 0 Å². The Morgan fingerprint density at radius 3 is 1.94 bits per heavy atom. The van der Waals surface area contributed by atoms with Gasteiger partial charge in [0.1, 0.15) is 0 Å². The summed E-state index contributed by atoms with van der Waals surface area (Å²) >= 11 is 0. The maximum atomic E-state index is 6.92. The van der Waals surface area contributed by atoms with Gasteiger partial charge in [-0.3, -0.25) is 0 Å².